The van der Waals surface area contributed by atoms with Gasteiger partial charge in [0.15, 0.2) is 0 Å². The highest BCUT2D eigenvalue weighted by molar-refractivity contribution is 6.53. The minimum Gasteiger partial charge on any atom is -0.497 e. The van der Waals surface area contributed by atoms with E-state index in [1.54, 1.807) is 66.7 Å². The van der Waals surface area contributed by atoms with Crippen LogP contribution in [0.1, 0.15) is 15.9 Å². The summed E-state index contributed by atoms with van der Waals surface area (Å²) in [7, 11) is 1.52. The Bertz CT molecular complexity index is 1340. The van der Waals surface area contributed by atoms with E-state index in [-0.39, 0.29) is 16.6 Å². The standard InChI is InChI=1S/C25H19Cl2N3O4/c1-14-12-16(26)6-11-20(14)29-23(31)15-4-3-5-17(13-15)28-22-21(27)24(32)30(25(22)33)18-7-9-19(34-2)10-8-18/h3-13,28H,1-2H3,(H,29,31). The Balaban J connectivity index is 1.53. The zero-order valence-electron chi connectivity index (χ0n) is 18.2. The highest BCUT2D eigenvalue weighted by Gasteiger charge is 2.39. The number of carbonyl (C=O) groups is 3. The van der Waals surface area contributed by atoms with Gasteiger partial charge in [0.05, 0.1) is 12.8 Å². The first-order chi connectivity index (χ1) is 16.3. The van der Waals surface area contributed by atoms with Crippen LogP contribution in [0.3, 0.4) is 0 Å². The maximum absolute atomic E-state index is 13.0. The van der Waals surface area contributed by atoms with Crippen LogP contribution in [0, 0.1) is 6.92 Å². The van der Waals surface area contributed by atoms with E-state index in [0.29, 0.717) is 33.4 Å². The van der Waals surface area contributed by atoms with Crippen LogP contribution < -0.4 is 20.3 Å². The third-order valence-corrected chi connectivity index (χ3v) is 5.77. The molecule has 3 amide bonds. The van der Waals surface area contributed by atoms with E-state index in [4.69, 9.17) is 27.9 Å². The molecule has 9 heteroatoms. The Kier molecular flexibility index (Phi) is 6.58. The maximum Gasteiger partial charge on any atom is 0.283 e. The number of hydrogen-bond acceptors (Lipinski definition) is 5. The summed E-state index contributed by atoms with van der Waals surface area (Å²) in [6.45, 7) is 1.84. The van der Waals surface area contributed by atoms with Gasteiger partial charge in [-0.15, -0.1) is 0 Å². The molecular formula is C25H19Cl2N3O4. The summed E-state index contributed by atoms with van der Waals surface area (Å²) < 4.78 is 5.11. The van der Waals surface area contributed by atoms with Crippen molar-refractivity contribution in [3.63, 3.8) is 0 Å². The van der Waals surface area contributed by atoms with Crippen LogP contribution in [0.5, 0.6) is 5.75 Å². The van der Waals surface area contributed by atoms with Crippen molar-refractivity contribution < 1.29 is 19.1 Å². The van der Waals surface area contributed by atoms with Crippen molar-refractivity contribution in [2.24, 2.45) is 0 Å². The van der Waals surface area contributed by atoms with Crippen LogP contribution in [-0.4, -0.2) is 24.8 Å². The van der Waals surface area contributed by atoms with Crippen LogP contribution in [0.25, 0.3) is 0 Å². The van der Waals surface area contributed by atoms with Gasteiger partial charge in [-0.2, -0.15) is 0 Å². The van der Waals surface area contributed by atoms with E-state index in [1.165, 1.54) is 7.11 Å². The molecule has 34 heavy (non-hydrogen) atoms. The third kappa shape index (κ3) is 4.62. The van der Waals surface area contributed by atoms with Gasteiger partial charge in [-0.3, -0.25) is 14.4 Å². The number of carbonyl (C=O) groups excluding carboxylic acids is 3. The molecule has 4 rings (SSSR count). The van der Waals surface area contributed by atoms with Crippen molar-refractivity contribution in [1.82, 2.24) is 0 Å². The summed E-state index contributed by atoms with van der Waals surface area (Å²) in [5, 5.41) is 6.05. The topological polar surface area (TPSA) is 87.7 Å². The number of anilines is 3. The molecule has 0 bridgehead atoms. The second-order valence-corrected chi connectivity index (χ2v) is 8.27. The number of halogens is 2. The first-order valence-corrected chi connectivity index (χ1v) is 10.9. The molecule has 0 saturated carbocycles. The summed E-state index contributed by atoms with van der Waals surface area (Å²) in [5.74, 6) is -1.01. The van der Waals surface area contributed by atoms with E-state index >= 15 is 0 Å². The number of amides is 3. The van der Waals surface area contributed by atoms with E-state index < -0.39 is 11.8 Å². The molecule has 3 aromatic rings. The van der Waals surface area contributed by atoms with Crippen LogP contribution in [-0.2, 0) is 9.59 Å². The summed E-state index contributed by atoms with van der Waals surface area (Å²) in [6.07, 6.45) is 0. The Morgan fingerprint density at radius 1 is 0.941 bits per heavy atom. The lowest BCUT2D eigenvalue weighted by Crippen LogP contribution is -2.32. The molecule has 0 aromatic heterocycles. The summed E-state index contributed by atoms with van der Waals surface area (Å²) in [4.78, 5) is 39.4. The van der Waals surface area contributed by atoms with Crippen LogP contribution in [0.15, 0.2) is 77.5 Å². The summed E-state index contributed by atoms with van der Waals surface area (Å²) in [5.41, 5.74) is 2.50. The number of aryl methyl sites for hydroxylation is 1. The molecule has 1 aliphatic heterocycles. The van der Waals surface area contributed by atoms with Crippen molar-refractivity contribution in [2.75, 3.05) is 22.6 Å². The second-order valence-electron chi connectivity index (χ2n) is 7.45. The third-order valence-electron chi connectivity index (χ3n) is 5.19. The summed E-state index contributed by atoms with van der Waals surface area (Å²) >= 11 is 12.2. The van der Waals surface area contributed by atoms with E-state index in [9.17, 15) is 14.4 Å². The molecule has 0 radical (unpaired) electrons. The van der Waals surface area contributed by atoms with Gasteiger partial charge < -0.3 is 15.4 Å². The fourth-order valence-corrected chi connectivity index (χ4v) is 3.86. The lowest BCUT2D eigenvalue weighted by molar-refractivity contribution is -0.120. The van der Waals surface area contributed by atoms with Gasteiger partial charge in [0, 0.05) is 22.0 Å². The van der Waals surface area contributed by atoms with E-state index in [0.717, 1.165) is 10.5 Å². The van der Waals surface area contributed by atoms with Gasteiger partial charge in [0.1, 0.15) is 16.5 Å². The van der Waals surface area contributed by atoms with Gasteiger partial charge >= 0.3 is 0 Å². The highest BCUT2D eigenvalue weighted by Crippen LogP contribution is 2.31. The molecule has 0 aliphatic carbocycles. The largest absolute Gasteiger partial charge is 0.497 e. The molecule has 1 heterocycles. The number of ether oxygens (including phenoxy) is 1. The summed E-state index contributed by atoms with van der Waals surface area (Å²) in [6, 6.07) is 18.1. The number of hydrogen-bond donors (Lipinski definition) is 2. The molecule has 172 valence electrons. The Labute approximate surface area is 205 Å². The van der Waals surface area contributed by atoms with Crippen molar-refractivity contribution in [3.8, 4) is 5.75 Å². The van der Waals surface area contributed by atoms with Gasteiger partial charge in [-0.05, 0) is 73.2 Å². The highest BCUT2D eigenvalue weighted by atomic mass is 35.5. The Morgan fingerprint density at radius 2 is 1.68 bits per heavy atom. The van der Waals surface area contributed by atoms with Gasteiger partial charge in [0.25, 0.3) is 17.7 Å². The Hall–Kier alpha value is -3.81. The quantitative estimate of drug-likeness (QED) is 0.450. The van der Waals surface area contributed by atoms with Crippen LogP contribution in [0.4, 0.5) is 17.1 Å². The number of imide groups is 1. The maximum atomic E-state index is 13.0. The molecule has 0 atom stereocenters. The molecular weight excluding hydrogens is 477 g/mol. The molecule has 2 N–H and O–H groups in total. The lowest BCUT2D eigenvalue weighted by atomic mass is 10.1. The molecule has 0 unspecified atom stereocenters. The molecule has 0 fully saturated rings. The van der Waals surface area contributed by atoms with Crippen molar-refractivity contribution in [2.45, 2.75) is 6.92 Å². The average molecular weight is 496 g/mol. The monoisotopic (exact) mass is 495 g/mol. The number of nitrogens with zero attached hydrogens (tertiary/aromatic N) is 1. The van der Waals surface area contributed by atoms with Gasteiger partial charge in [0.2, 0.25) is 0 Å². The molecule has 7 nitrogen and oxygen atoms in total. The first-order valence-electron chi connectivity index (χ1n) is 10.2. The van der Waals surface area contributed by atoms with Crippen molar-refractivity contribution in [3.05, 3.63) is 93.6 Å². The number of rotatable bonds is 6. The second kappa shape index (κ2) is 9.59. The van der Waals surface area contributed by atoms with E-state index in [1.807, 2.05) is 6.92 Å². The minimum atomic E-state index is -0.647. The molecule has 1 aliphatic rings. The first kappa shape index (κ1) is 23.4. The van der Waals surface area contributed by atoms with Crippen LogP contribution in [0.2, 0.25) is 5.02 Å². The predicted octanol–water partition coefficient (Wildman–Crippen LogP) is 5.35. The molecule has 0 saturated heterocycles. The average Bonchev–Trinajstić information content (AvgIpc) is 3.04. The molecule has 0 spiro atoms. The fourth-order valence-electron chi connectivity index (χ4n) is 3.42. The smallest absolute Gasteiger partial charge is 0.283 e. The SMILES string of the molecule is COc1ccc(N2C(=O)C(Cl)=C(Nc3cccc(C(=O)Nc4ccc(Cl)cc4C)c3)C2=O)cc1. The van der Waals surface area contributed by atoms with Crippen LogP contribution >= 0.6 is 23.2 Å². The number of nitrogens with one attached hydrogen (secondary N) is 2. The molecule has 3 aromatic carbocycles. The number of benzene rings is 3. The lowest BCUT2D eigenvalue weighted by Gasteiger charge is -2.15. The van der Waals surface area contributed by atoms with Crippen molar-refractivity contribution >= 4 is 58.0 Å². The zero-order chi connectivity index (χ0) is 24.4. The minimum absolute atomic E-state index is 0.0754. The van der Waals surface area contributed by atoms with Crippen molar-refractivity contribution in [1.29, 1.82) is 0 Å². The van der Waals surface area contributed by atoms with E-state index in [2.05, 4.69) is 10.6 Å². The predicted molar refractivity (Wildman–Crippen MR) is 133 cm³/mol. The van der Waals surface area contributed by atoms with Gasteiger partial charge in [-0.25, -0.2) is 4.90 Å². The normalized spacial score (nSPS) is 13.4. The number of methoxy groups -OCH3 is 1. The Morgan fingerprint density at radius 3 is 2.35 bits per heavy atom. The van der Waals surface area contributed by atoms with Gasteiger partial charge in [-0.1, -0.05) is 29.3 Å². The fraction of sp³-hybridized carbons (Fsp3) is 0.0800. The zero-order valence-corrected chi connectivity index (χ0v) is 19.7.